The summed E-state index contributed by atoms with van der Waals surface area (Å²) in [5.41, 5.74) is -4.17. The summed E-state index contributed by atoms with van der Waals surface area (Å²) < 4.78 is 97.2. The van der Waals surface area contributed by atoms with E-state index in [2.05, 4.69) is 0 Å². The summed E-state index contributed by atoms with van der Waals surface area (Å²) in [6.45, 7) is 0. The van der Waals surface area contributed by atoms with Gasteiger partial charge in [0, 0.05) is 0 Å². The highest BCUT2D eigenvalue weighted by molar-refractivity contribution is 5.30. The quantitative estimate of drug-likeness (QED) is 0.610. The van der Waals surface area contributed by atoms with Crippen molar-refractivity contribution >= 4 is 0 Å². The highest BCUT2D eigenvalue weighted by Gasteiger charge is 2.40. The first kappa shape index (κ1) is 12.7. The molecule has 90 valence electrons. The molecular weight excluding hydrogens is 248 g/mol. The maximum atomic E-state index is 12.6. The van der Waals surface area contributed by atoms with E-state index < -0.39 is 41.2 Å². The SMILES string of the molecule is Fc1cc(C(F)(F)F)cc(C(F)(F)F)c1F. The van der Waals surface area contributed by atoms with Crippen molar-refractivity contribution in [1.29, 1.82) is 0 Å². The molecule has 1 aromatic rings. The van der Waals surface area contributed by atoms with Gasteiger partial charge in [0.05, 0.1) is 11.1 Å². The minimum absolute atomic E-state index is 0.329. The molecule has 16 heavy (non-hydrogen) atoms. The minimum Gasteiger partial charge on any atom is -0.204 e. The molecule has 0 N–H and O–H groups in total. The first-order valence-electron chi connectivity index (χ1n) is 3.67. The van der Waals surface area contributed by atoms with Crippen molar-refractivity contribution in [2.24, 2.45) is 0 Å². The van der Waals surface area contributed by atoms with E-state index >= 15 is 0 Å². The molecule has 0 aliphatic heterocycles. The molecule has 0 aliphatic rings. The fourth-order valence-corrected chi connectivity index (χ4v) is 0.959. The highest BCUT2D eigenvalue weighted by Crippen LogP contribution is 2.37. The summed E-state index contributed by atoms with van der Waals surface area (Å²) in [6.07, 6.45) is -10.6. The average Bonchev–Trinajstić information content (AvgIpc) is 2.05. The number of hydrogen-bond donors (Lipinski definition) is 0. The van der Waals surface area contributed by atoms with Gasteiger partial charge in [-0.15, -0.1) is 0 Å². The van der Waals surface area contributed by atoms with E-state index in [1.807, 2.05) is 0 Å². The molecular formula is C8H2F8. The Labute approximate surface area is 83.5 Å². The maximum Gasteiger partial charge on any atom is 0.419 e. The molecule has 0 fully saturated rings. The van der Waals surface area contributed by atoms with Gasteiger partial charge in [0.25, 0.3) is 0 Å². The van der Waals surface area contributed by atoms with Crippen LogP contribution in [0.15, 0.2) is 12.1 Å². The summed E-state index contributed by atoms with van der Waals surface area (Å²) in [5, 5.41) is 0. The molecule has 0 heterocycles. The first-order valence-corrected chi connectivity index (χ1v) is 3.67. The van der Waals surface area contributed by atoms with Crippen molar-refractivity contribution in [3.63, 3.8) is 0 Å². The Hall–Kier alpha value is -1.34. The highest BCUT2D eigenvalue weighted by atomic mass is 19.4. The maximum absolute atomic E-state index is 12.6. The molecule has 0 nitrogen and oxygen atoms in total. The Kier molecular flexibility index (Phi) is 2.86. The summed E-state index contributed by atoms with van der Waals surface area (Å²) in [4.78, 5) is 0. The molecule has 8 heteroatoms. The molecule has 0 bridgehead atoms. The van der Waals surface area contributed by atoms with Crippen LogP contribution < -0.4 is 0 Å². The van der Waals surface area contributed by atoms with Crippen molar-refractivity contribution in [3.05, 3.63) is 34.9 Å². The van der Waals surface area contributed by atoms with Crippen LogP contribution in [0.3, 0.4) is 0 Å². The molecule has 0 saturated heterocycles. The molecule has 0 aliphatic carbocycles. The van der Waals surface area contributed by atoms with Gasteiger partial charge in [-0.3, -0.25) is 0 Å². The van der Waals surface area contributed by atoms with Crippen LogP contribution in [0.2, 0.25) is 0 Å². The fourth-order valence-electron chi connectivity index (χ4n) is 0.959. The summed E-state index contributed by atoms with van der Waals surface area (Å²) >= 11 is 0. The van der Waals surface area contributed by atoms with Crippen molar-refractivity contribution in [1.82, 2.24) is 0 Å². The molecule has 0 unspecified atom stereocenters. The Balaban J connectivity index is 3.46. The smallest absolute Gasteiger partial charge is 0.204 e. The van der Waals surface area contributed by atoms with Gasteiger partial charge >= 0.3 is 12.4 Å². The lowest BCUT2D eigenvalue weighted by Gasteiger charge is -2.12. The predicted molar refractivity (Wildman–Crippen MR) is 36.4 cm³/mol. The molecule has 0 atom stereocenters. The van der Waals surface area contributed by atoms with Crippen molar-refractivity contribution < 1.29 is 35.1 Å². The topological polar surface area (TPSA) is 0 Å². The van der Waals surface area contributed by atoms with Crippen LogP contribution in [0.1, 0.15) is 11.1 Å². The third-order valence-electron chi connectivity index (χ3n) is 1.66. The standard InChI is InChI=1S/C8H2F8/c9-5-2-3(7(11,12)13)1-4(6(5)10)8(14,15)16/h1-2H. The molecule has 0 spiro atoms. The van der Waals surface area contributed by atoms with Gasteiger partial charge in [-0.1, -0.05) is 0 Å². The van der Waals surface area contributed by atoms with Crippen LogP contribution in [-0.4, -0.2) is 0 Å². The van der Waals surface area contributed by atoms with E-state index in [1.165, 1.54) is 0 Å². The lowest BCUT2D eigenvalue weighted by molar-refractivity contribution is -0.145. The Bertz CT molecular complexity index is 400. The molecule has 0 saturated carbocycles. The van der Waals surface area contributed by atoms with Crippen LogP contribution in [0.25, 0.3) is 0 Å². The molecule has 1 aromatic carbocycles. The summed E-state index contributed by atoms with van der Waals surface area (Å²) in [5.74, 6) is -4.54. The van der Waals surface area contributed by atoms with Crippen molar-refractivity contribution in [2.75, 3.05) is 0 Å². The second kappa shape index (κ2) is 3.60. The molecule has 0 radical (unpaired) electrons. The van der Waals surface area contributed by atoms with Gasteiger partial charge in [0.1, 0.15) is 0 Å². The van der Waals surface area contributed by atoms with E-state index in [1.54, 1.807) is 0 Å². The number of halogens is 8. The third kappa shape index (κ3) is 2.42. The Morgan fingerprint density at radius 2 is 1.25 bits per heavy atom. The van der Waals surface area contributed by atoms with Crippen LogP contribution in [0.5, 0.6) is 0 Å². The lowest BCUT2D eigenvalue weighted by Crippen LogP contribution is -2.14. The Morgan fingerprint density at radius 3 is 1.62 bits per heavy atom. The minimum atomic E-state index is -5.38. The molecule has 0 aromatic heterocycles. The van der Waals surface area contributed by atoms with Crippen molar-refractivity contribution in [2.45, 2.75) is 12.4 Å². The number of alkyl halides is 6. The van der Waals surface area contributed by atoms with Gasteiger partial charge in [-0.05, 0) is 12.1 Å². The van der Waals surface area contributed by atoms with Crippen LogP contribution in [-0.2, 0) is 12.4 Å². The fraction of sp³-hybridized carbons (Fsp3) is 0.250. The molecule has 0 amide bonds. The normalized spacial score (nSPS) is 13.0. The van der Waals surface area contributed by atoms with Gasteiger partial charge in [-0.2, -0.15) is 26.3 Å². The van der Waals surface area contributed by atoms with Gasteiger partial charge in [-0.25, -0.2) is 8.78 Å². The van der Waals surface area contributed by atoms with E-state index in [0.29, 0.717) is 0 Å². The van der Waals surface area contributed by atoms with Crippen LogP contribution in [0, 0.1) is 11.6 Å². The second-order valence-electron chi connectivity index (χ2n) is 2.82. The molecule has 1 rings (SSSR count). The average molecular weight is 250 g/mol. The van der Waals surface area contributed by atoms with E-state index in [0.717, 1.165) is 0 Å². The van der Waals surface area contributed by atoms with Crippen LogP contribution >= 0.6 is 0 Å². The van der Waals surface area contributed by atoms with E-state index in [4.69, 9.17) is 0 Å². The lowest BCUT2D eigenvalue weighted by atomic mass is 10.1. The Morgan fingerprint density at radius 1 is 0.750 bits per heavy atom. The monoisotopic (exact) mass is 250 g/mol. The van der Waals surface area contributed by atoms with Crippen molar-refractivity contribution in [3.8, 4) is 0 Å². The largest absolute Gasteiger partial charge is 0.419 e. The van der Waals surface area contributed by atoms with Crippen LogP contribution in [0.4, 0.5) is 35.1 Å². The zero-order chi connectivity index (χ0) is 12.7. The number of rotatable bonds is 0. The zero-order valence-corrected chi connectivity index (χ0v) is 7.18. The summed E-state index contributed by atoms with van der Waals surface area (Å²) in [7, 11) is 0. The van der Waals surface area contributed by atoms with E-state index in [-0.39, 0.29) is 6.07 Å². The second-order valence-corrected chi connectivity index (χ2v) is 2.82. The van der Waals surface area contributed by atoms with Gasteiger partial charge < -0.3 is 0 Å². The number of benzene rings is 1. The van der Waals surface area contributed by atoms with Gasteiger partial charge in [0.2, 0.25) is 0 Å². The summed E-state index contributed by atoms with van der Waals surface area (Å²) in [6, 6.07) is -0.803. The van der Waals surface area contributed by atoms with Gasteiger partial charge in [0.15, 0.2) is 11.6 Å². The first-order chi connectivity index (χ1) is 7.03. The van der Waals surface area contributed by atoms with E-state index in [9.17, 15) is 35.1 Å². The third-order valence-corrected chi connectivity index (χ3v) is 1.66. The predicted octanol–water partition coefficient (Wildman–Crippen LogP) is 4.00. The zero-order valence-electron chi connectivity index (χ0n) is 7.18. The number of hydrogen-bond acceptors (Lipinski definition) is 0.